The molecule has 0 bridgehead atoms. The van der Waals surface area contributed by atoms with Crippen LogP contribution in [0.25, 0.3) is 5.57 Å². The minimum atomic E-state index is -0.576. The maximum absolute atomic E-state index is 11.9. The zero-order valence-electron chi connectivity index (χ0n) is 11.4. The summed E-state index contributed by atoms with van der Waals surface area (Å²) < 4.78 is 10.5. The number of ketones is 1. The molecule has 1 N–H and O–H groups in total. The van der Waals surface area contributed by atoms with Gasteiger partial charge >= 0.3 is 0 Å². The number of nitrogens with zero attached hydrogens (tertiary/aromatic N) is 1. The second-order valence-electron chi connectivity index (χ2n) is 4.93. The first kappa shape index (κ1) is 12.7. The minimum Gasteiger partial charge on any atom is -0.495 e. The van der Waals surface area contributed by atoms with Crippen molar-refractivity contribution in [1.29, 1.82) is 0 Å². The predicted octanol–water partition coefficient (Wildman–Crippen LogP) is 1.25. The number of nitrogens with one attached hydrogen (secondary N) is 1. The number of ether oxygens (including phenoxy) is 1. The molecule has 6 heteroatoms. The zero-order chi connectivity index (χ0) is 14.4. The predicted molar refractivity (Wildman–Crippen MR) is 69.2 cm³/mol. The van der Waals surface area contributed by atoms with E-state index in [0.717, 1.165) is 16.8 Å². The molecule has 104 valence electrons. The summed E-state index contributed by atoms with van der Waals surface area (Å²) in [5.41, 5.74) is 3.10. The van der Waals surface area contributed by atoms with Crippen LogP contribution >= 0.6 is 0 Å². The van der Waals surface area contributed by atoms with E-state index in [0.29, 0.717) is 23.6 Å². The number of aryl methyl sites for hydroxylation is 2. The van der Waals surface area contributed by atoms with Crippen molar-refractivity contribution < 1.29 is 18.8 Å². The molecule has 1 aliphatic carbocycles. The van der Waals surface area contributed by atoms with E-state index in [1.807, 2.05) is 19.9 Å². The van der Waals surface area contributed by atoms with Crippen LogP contribution in [-0.4, -0.2) is 24.0 Å². The molecule has 1 amide bonds. The molecule has 20 heavy (non-hydrogen) atoms. The van der Waals surface area contributed by atoms with Gasteiger partial charge in [0.25, 0.3) is 5.91 Å². The lowest BCUT2D eigenvalue weighted by atomic mass is 9.85. The van der Waals surface area contributed by atoms with Crippen molar-refractivity contribution in [3.8, 4) is 0 Å². The number of allylic oxidation sites excluding steroid dienone is 3. The third kappa shape index (κ3) is 1.68. The van der Waals surface area contributed by atoms with Crippen molar-refractivity contribution in [2.75, 3.05) is 7.11 Å². The zero-order valence-corrected chi connectivity index (χ0v) is 11.4. The van der Waals surface area contributed by atoms with E-state index in [1.54, 1.807) is 0 Å². The number of methoxy groups -OCH3 is 1. The molecule has 3 rings (SSSR count). The Balaban J connectivity index is 2.10. The highest BCUT2D eigenvalue weighted by molar-refractivity contribution is 6.40. The summed E-state index contributed by atoms with van der Waals surface area (Å²) in [5.74, 6) is -0.293. The number of hydrogen-bond acceptors (Lipinski definition) is 5. The van der Waals surface area contributed by atoms with Gasteiger partial charge in [0.1, 0.15) is 11.5 Å². The van der Waals surface area contributed by atoms with Crippen LogP contribution in [-0.2, 0) is 14.3 Å². The highest BCUT2D eigenvalue weighted by Crippen LogP contribution is 2.38. The van der Waals surface area contributed by atoms with Crippen LogP contribution in [0.4, 0.5) is 0 Å². The Hall–Kier alpha value is -2.37. The third-order valence-corrected chi connectivity index (χ3v) is 3.71. The fourth-order valence-electron chi connectivity index (χ4n) is 2.79. The number of hydrogen-bond donors (Lipinski definition) is 1. The number of carbonyl (C=O) groups excluding carboxylic acids is 2. The first-order chi connectivity index (χ1) is 9.52. The molecule has 1 unspecified atom stereocenters. The summed E-state index contributed by atoms with van der Waals surface area (Å²) in [6, 6.07) is 0. The molecule has 1 fully saturated rings. The van der Waals surface area contributed by atoms with Crippen LogP contribution in [0, 0.1) is 19.8 Å². The number of fused-ring (bicyclic) bond motifs is 1. The van der Waals surface area contributed by atoms with Gasteiger partial charge in [0.15, 0.2) is 0 Å². The molecular weight excluding hydrogens is 260 g/mol. The van der Waals surface area contributed by atoms with Gasteiger partial charge in [-0.2, -0.15) is 0 Å². The van der Waals surface area contributed by atoms with E-state index in [1.165, 1.54) is 7.11 Å². The lowest BCUT2D eigenvalue weighted by Crippen LogP contribution is -2.18. The van der Waals surface area contributed by atoms with Crippen molar-refractivity contribution in [1.82, 2.24) is 10.5 Å². The molecule has 0 spiro atoms. The Bertz CT molecular complexity index is 662. The van der Waals surface area contributed by atoms with E-state index in [9.17, 15) is 9.59 Å². The van der Waals surface area contributed by atoms with Crippen molar-refractivity contribution in [2.24, 2.45) is 5.92 Å². The third-order valence-electron chi connectivity index (χ3n) is 3.71. The van der Waals surface area contributed by atoms with Gasteiger partial charge in [-0.05, 0) is 31.9 Å². The normalized spacial score (nSPS) is 21.8. The molecule has 0 saturated carbocycles. The number of rotatable bonds is 2. The highest BCUT2D eigenvalue weighted by Gasteiger charge is 2.42. The van der Waals surface area contributed by atoms with Crippen molar-refractivity contribution in [2.45, 2.75) is 20.3 Å². The van der Waals surface area contributed by atoms with E-state index < -0.39 is 17.6 Å². The van der Waals surface area contributed by atoms with Gasteiger partial charge in [-0.25, -0.2) is 0 Å². The summed E-state index contributed by atoms with van der Waals surface area (Å²) in [6.07, 6.45) is 2.28. The van der Waals surface area contributed by atoms with Gasteiger partial charge in [-0.1, -0.05) is 5.16 Å². The number of carbonyl (C=O) groups is 2. The van der Waals surface area contributed by atoms with E-state index in [2.05, 4.69) is 10.5 Å². The van der Waals surface area contributed by atoms with Crippen LogP contribution in [0.15, 0.2) is 22.1 Å². The second kappa shape index (κ2) is 4.33. The van der Waals surface area contributed by atoms with Crippen LogP contribution in [0.1, 0.15) is 23.4 Å². The fourth-order valence-corrected chi connectivity index (χ4v) is 2.79. The molecule has 2 aliphatic rings. The Labute approximate surface area is 115 Å². The van der Waals surface area contributed by atoms with Crippen molar-refractivity contribution >= 4 is 17.3 Å². The van der Waals surface area contributed by atoms with E-state index >= 15 is 0 Å². The molecule has 1 aromatic heterocycles. The van der Waals surface area contributed by atoms with Crippen LogP contribution in [0.3, 0.4) is 0 Å². The lowest BCUT2D eigenvalue weighted by molar-refractivity contribution is -0.136. The van der Waals surface area contributed by atoms with Gasteiger partial charge in [0, 0.05) is 5.56 Å². The smallest absolute Gasteiger partial charge is 0.292 e. The van der Waals surface area contributed by atoms with E-state index in [-0.39, 0.29) is 0 Å². The van der Waals surface area contributed by atoms with Crippen molar-refractivity contribution in [3.63, 3.8) is 0 Å². The molecule has 2 heterocycles. The summed E-state index contributed by atoms with van der Waals surface area (Å²) in [4.78, 5) is 23.4. The summed E-state index contributed by atoms with van der Waals surface area (Å²) in [7, 11) is 1.51. The molecule has 0 aromatic carbocycles. The first-order valence-electron chi connectivity index (χ1n) is 6.30. The maximum Gasteiger partial charge on any atom is 0.292 e. The molecule has 1 saturated heterocycles. The molecule has 1 aliphatic heterocycles. The maximum atomic E-state index is 11.9. The second-order valence-corrected chi connectivity index (χ2v) is 4.93. The fraction of sp³-hybridized carbons (Fsp3) is 0.357. The Morgan fingerprint density at radius 3 is 2.75 bits per heavy atom. The van der Waals surface area contributed by atoms with Gasteiger partial charge in [0.2, 0.25) is 5.78 Å². The Kier molecular flexibility index (Phi) is 2.74. The lowest BCUT2D eigenvalue weighted by Gasteiger charge is -2.20. The van der Waals surface area contributed by atoms with Gasteiger partial charge in [-0.3, -0.25) is 9.59 Å². The summed E-state index contributed by atoms with van der Waals surface area (Å²) in [6.45, 7) is 3.67. The summed E-state index contributed by atoms with van der Waals surface area (Å²) in [5, 5.41) is 6.51. The number of Topliss-reactive ketones (excluding diaryl/α,β-unsaturated/α-hetero) is 1. The molecule has 0 radical (unpaired) electrons. The Morgan fingerprint density at radius 2 is 2.15 bits per heavy atom. The van der Waals surface area contributed by atoms with Gasteiger partial charge < -0.3 is 14.6 Å². The highest BCUT2D eigenvalue weighted by atomic mass is 16.5. The quantitative estimate of drug-likeness (QED) is 0.821. The largest absolute Gasteiger partial charge is 0.495 e. The van der Waals surface area contributed by atoms with Crippen LogP contribution in [0.5, 0.6) is 0 Å². The average Bonchev–Trinajstić information content (AvgIpc) is 2.90. The first-order valence-corrected chi connectivity index (χ1v) is 6.30. The molecule has 6 nitrogen and oxygen atoms in total. The molecule has 1 atom stereocenters. The summed E-state index contributed by atoms with van der Waals surface area (Å²) >= 11 is 0. The topological polar surface area (TPSA) is 81.4 Å². The van der Waals surface area contributed by atoms with Crippen molar-refractivity contribution in [3.05, 3.63) is 34.5 Å². The van der Waals surface area contributed by atoms with Crippen LogP contribution in [0.2, 0.25) is 0 Å². The monoisotopic (exact) mass is 274 g/mol. The van der Waals surface area contributed by atoms with Gasteiger partial charge in [-0.15, -0.1) is 0 Å². The average molecular weight is 274 g/mol. The number of aromatic nitrogens is 1. The van der Waals surface area contributed by atoms with Crippen LogP contribution < -0.4 is 5.32 Å². The van der Waals surface area contributed by atoms with E-state index in [4.69, 9.17) is 9.26 Å². The standard InChI is InChI=1S/C14H14N2O4/c1-6-11(7(2)20-16-6)8-4-9-12(10(5-8)19-3)15-14(18)13(9)17/h5,9H,4H2,1-3H3,(H,15,18). The molecular formula is C14H14N2O4. The minimum absolute atomic E-state index is 0.424. The molecule has 1 aromatic rings. The Morgan fingerprint density at radius 1 is 1.40 bits per heavy atom. The number of amides is 1. The SMILES string of the molecule is COC1=C2NC(=O)C(=O)C2CC(c2c(C)noc2C)=C1. The van der Waals surface area contributed by atoms with Gasteiger partial charge in [0.05, 0.1) is 24.4 Å².